The summed E-state index contributed by atoms with van der Waals surface area (Å²) in [5.74, 6) is 1.85. The van der Waals surface area contributed by atoms with Gasteiger partial charge in [-0.3, -0.25) is 14.5 Å². The molecule has 28 heavy (non-hydrogen) atoms. The smallest absolute Gasteiger partial charge is 0.237 e. The molecule has 1 aliphatic heterocycles. The van der Waals surface area contributed by atoms with Crippen LogP contribution in [-0.2, 0) is 16.0 Å². The number of hydrogen-bond acceptors (Lipinski definition) is 5. The second kappa shape index (κ2) is 9.05. The van der Waals surface area contributed by atoms with Crippen LogP contribution in [0.5, 0.6) is 5.75 Å². The maximum Gasteiger partial charge on any atom is 0.237 e. The Bertz CT molecular complexity index is 832. The molecule has 3 rings (SSSR count). The van der Waals surface area contributed by atoms with Crippen molar-refractivity contribution in [3.8, 4) is 5.75 Å². The Balaban J connectivity index is 1.51. The third-order valence-corrected chi connectivity index (χ3v) is 4.84. The highest BCUT2D eigenvalue weighted by atomic mass is 16.5. The molecule has 152 valence electrons. The molecule has 2 amide bonds. The molecule has 1 aliphatic rings. The van der Waals surface area contributed by atoms with Crippen molar-refractivity contribution in [3.05, 3.63) is 24.0 Å². The molecule has 8 nitrogen and oxygen atoms in total. The van der Waals surface area contributed by atoms with Gasteiger partial charge in [0, 0.05) is 38.7 Å². The van der Waals surface area contributed by atoms with Gasteiger partial charge in [-0.1, -0.05) is 13.8 Å². The molecule has 0 saturated carbocycles. The fourth-order valence-electron chi connectivity index (χ4n) is 3.53. The van der Waals surface area contributed by atoms with Crippen LogP contribution in [0.3, 0.4) is 0 Å². The monoisotopic (exact) mass is 387 g/mol. The van der Waals surface area contributed by atoms with E-state index in [4.69, 9.17) is 4.74 Å². The van der Waals surface area contributed by atoms with E-state index >= 15 is 0 Å². The van der Waals surface area contributed by atoms with Crippen molar-refractivity contribution in [2.45, 2.75) is 32.7 Å². The number of carbonyl (C=O) groups excluding carboxylic acids is 2. The lowest BCUT2D eigenvalue weighted by atomic mass is 10.1. The van der Waals surface area contributed by atoms with Crippen molar-refractivity contribution >= 4 is 22.8 Å². The number of nitrogens with zero attached hydrogens (tertiary/aromatic N) is 2. The zero-order chi connectivity index (χ0) is 20.1. The van der Waals surface area contributed by atoms with E-state index in [0.717, 1.165) is 35.7 Å². The number of aromatic amines is 1. The number of ether oxygens (including phenoxy) is 1. The number of fused-ring (bicyclic) bond motifs is 1. The van der Waals surface area contributed by atoms with Crippen LogP contribution >= 0.6 is 0 Å². The number of aromatic nitrogens is 2. The van der Waals surface area contributed by atoms with Gasteiger partial charge in [0.1, 0.15) is 11.6 Å². The van der Waals surface area contributed by atoms with Crippen molar-refractivity contribution in [1.82, 2.24) is 25.5 Å². The fraction of sp³-hybridized carbons (Fsp3) is 0.550. The van der Waals surface area contributed by atoms with Gasteiger partial charge in [-0.05, 0) is 18.1 Å². The summed E-state index contributed by atoms with van der Waals surface area (Å²) in [6.45, 7) is 6.94. The maximum atomic E-state index is 12.4. The van der Waals surface area contributed by atoms with Gasteiger partial charge in [-0.2, -0.15) is 0 Å². The topological polar surface area (TPSA) is 99.3 Å². The van der Waals surface area contributed by atoms with E-state index in [1.807, 2.05) is 18.2 Å². The molecule has 3 N–H and O–H groups in total. The molecule has 1 unspecified atom stereocenters. The van der Waals surface area contributed by atoms with Crippen LogP contribution in [0.1, 0.15) is 26.1 Å². The van der Waals surface area contributed by atoms with Crippen molar-refractivity contribution in [1.29, 1.82) is 0 Å². The van der Waals surface area contributed by atoms with E-state index in [1.54, 1.807) is 7.11 Å². The van der Waals surface area contributed by atoms with Crippen LogP contribution in [0.4, 0.5) is 0 Å². The number of H-pyrrole nitrogens is 1. The van der Waals surface area contributed by atoms with Crippen molar-refractivity contribution in [2.24, 2.45) is 5.92 Å². The Hall–Kier alpha value is -2.61. The highest BCUT2D eigenvalue weighted by Gasteiger charge is 2.31. The average Bonchev–Trinajstić information content (AvgIpc) is 3.05. The van der Waals surface area contributed by atoms with Crippen LogP contribution in [0, 0.1) is 5.92 Å². The molecule has 1 atom stereocenters. The number of amides is 2. The predicted octanol–water partition coefficient (Wildman–Crippen LogP) is 1.08. The van der Waals surface area contributed by atoms with E-state index in [1.165, 1.54) is 0 Å². The van der Waals surface area contributed by atoms with Crippen molar-refractivity contribution < 1.29 is 14.3 Å². The van der Waals surface area contributed by atoms with Crippen molar-refractivity contribution in [2.75, 3.05) is 33.3 Å². The summed E-state index contributed by atoms with van der Waals surface area (Å²) in [4.78, 5) is 34.5. The van der Waals surface area contributed by atoms with Crippen molar-refractivity contribution in [3.63, 3.8) is 0 Å². The number of hydrogen-bond donors (Lipinski definition) is 3. The molecule has 8 heteroatoms. The molecule has 1 fully saturated rings. The molecule has 1 aromatic heterocycles. The molecule has 2 aromatic rings. The minimum atomic E-state index is -0.394. The summed E-state index contributed by atoms with van der Waals surface area (Å²) in [5, 5.41) is 5.77. The Kier molecular flexibility index (Phi) is 6.51. The van der Waals surface area contributed by atoms with E-state index in [2.05, 4.69) is 39.3 Å². The standard InChI is InChI=1S/C20H29N5O3/c1-13(2)12-25-9-8-22-20(27)17(25)11-19(26)21-7-6-18-23-15-5-4-14(28-3)10-16(15)24-18/h4-5,10,13,17H,6-9,11-12H2,1-3H3,(H,21,26)(H,22,27)(H,23,24). The lowest BCUT2D eigenvalue weighted by molar-refractivity contribution is -0.134. The summed E-state index contributed by atoms with van der Waals surface area (Å²) in [5.41, 5.74) is 1.77. The quantitative estimate of drug-likeness (QED) is 0.629. The summed E-state index contributed by atoms with van der Waals surface area (Å²) >= 11 is 0. The number of imidazole rings is 1. The van der Waals surface area contributed by atoms with E-state index in [0.29, 0.717) is 25.4 Å². The first kappa shape index (κ1) is 20.1. The Morgan fingerprint density at radius 2 is 2.25 bits per heavy atom. The number of methoxy groups -OCH3 is 1. The molecule has 1 aromatic carbocycles. The summed E-state index contributed by atoms with van der Waals surface area (Å²) in [6.07, 6.45) is 0.769. The molecule has 2 heterocycles. The van der Waals surface area contributed by atoms with Crippen LogP contribution in [0.25, 0.3) is 11.0 Å². The second-order valence-electron chi connectivity index (χ2n) is 7.57. The average molecular weight is 387 g/mol. The minimum absolute atomic E-state index is 0.0618. The van der Waals surface area contributed by atoms with Gasteiger partial charge in [0.25, 0.3) is 0 Å². The maximum absolute atomic E-state index is 12.4. The van der Waals surface area contributed by atoms with E-state index in [9.17, 15) is 9.59 Å². The van der Waals surface area contributed by atoms with E-state index < -0.39 is 6.04 Å². The van der Waals surface area contributed by atoms with Crippen LogP contribution in [0.15, 0.2) is 18.2 Å². The predicted molar refractivity (Wildman–Crippen MR) is 107 cm³/mol. The zero-order valence-corrected chi connectivity index (χ0v) is 16.7. The van der Waals surface area contributed by atoms with Crippen LogP contribution < -0.4 is 15.4 Å². The van der Waals surface area contributed by atoms with Crippen LogP contribution in [-0.4, -0.2) is 66.0 Å². The minimum Gasteiger partial charge on any atom is -0.497 e. The van der Waals surface area contributed by atoms with Gasteiger partial charge >= 0.3 is 0 Å². The first-order valence-corrected chi connectivity index (χ1v) is 9.77. The molecule has 0 aliphatic carbocycles. The molecule has 0 bridgehead atoms. The molecule has 1 saturated heterocycles. The fourth-order valence-corrected chi connectivity index (χ4v) is 3.53. The Morgan fingerprint density at radius 3 is 3.00 bits per heavy atom. The Labute approximate surface area is 165 Å². The van der Waals surface area contributed by atoms with Gasteiger partial charge in [0.05, 0.1) is 30.6 Å². The lowest BCUT2D eigenvalue weighted by Gasteiger charge is -2.35. The van der Waals surface area contributed by atoms with Gasteiger partial charge in [-0.15, -0.1) is 0 Å². The normalized spacial score (nSPS) is 17.7. The van der Waals surface area contributed by atoms with E-state index in [-0.39, 0.29) is 18.2 Å². The molecular formula is C20H29N5O3. The van der Waals surface area contributed by atoms with Gasteiger partial charge in [0.15, 0.2) is 0 Å². The van der Waals surface area contributed by atoms with Gasteiger partial charge in [0.2, 0.25) is 11.8 Å². The second-order valence-corrected chi connectivity index (χ2v) is 7.57. The molecular weight excluding hydrogens is 358 g/mol. The Morgan fingerprint density at radius 1 is 1.43 bits per heavy atom. The first-order valence-electron chi connectivity index (χ1n) is 9.77. The number of carbonyl (C=O) groups is 2. The van der Waals surface area contributed by atoms with Gasteiger partial charge in [-0.25, -0.2) is 4.98 Å². The summed E-state index contributed by atoms with van der Waals surface area (Å²) in [7, 11) is 1.63. The number of benzene rings is 1. The number of piperazine rings is 1. The zero-order valence-electron chi connectivity index (χ0n) is 16.7. The van der Waals surface area contributed by atoms with Crippen LogP contribution in [0.2, 0.25) is 0 Å². The third kappa shape index (κ3) is 5.01. The lowest BCUT2D eigenvalue weighted by Crippen LogP contribution is -2.57. The molecule has 0 radical (unpaired) electrons. The summed E-state index contributed by atoms with van der Waals surface area (Å²) in [6, 6.07) is 5.27. The van der Waals surface area contributed by atoms with Gasteiger partial charge < -0.3 is 20.4 Å². The highest BCUT2D eigenvalue weighted by molar-refractivity contribution is 5.88. The summed E-state index contributed by atoms with van der Waals surface area (Å²) < 4.78 is 5.22. The number of nitrogens with one attached hydrogen (secondary N) is 3. The SMILES string of the molecule is COc1ccc2nc(CCNC(=O)CC3C(=O)NCCN3CC(C)C)[nH]c2c1. The largest absolute Gasteiger partial charge is 0.497 e. The number of rotatable bonds is 8. The third-order valence-electron chi connectivity index (χ3n) is 4.84. The first-order chi connectivity index (χ1) is 13.5. The highest BCUT2D eigenvalue weighted by Crippen LogP contribution is 2.18. The molecule has 0 spiro atoms.